The maximum atomic E-state index is 13.2. The zero-order valence-corrected chi connectivity index (χ0v) is 12.8. The van der Waals surface area contributed by atoms with Crippen molar-refractivity contribution < 1.29 is 9.18 Å². The van der Waals surface area contributed by atoms with E-state index >= 15 is 0 Å². The summed E-state index contributed by atoms with van der Waals surface area (Å²) in [5.74, 6) is -0.669. The largest absolute Gasteiger partial charge is 0.346 e. The van der Waals surface area contributed by atoms with Crippen LogP contribution in [0, 0.1) is 26.6 Å². The minimum Gasteiger partial charge on any atom is -0.346 e. The van der Waals surface area contributed by atoms with E-state index in [4.69, 9.17) is 0 Å². The fraction of sp³-hybridized carbons (Fsp3) is 0.278. The van der Waals surface area contributed by atoms with Crippen LogP contribution in [0.25, 0.3) is 0 Å². The van der Waals surface area contributed by atoms with Gasteiger partial charge in [0.15, 0.2) is 0 Å². The molecule has 1 amide bonds. The maximum Gasteiger partial charge on any atom is 0.251 e. The van der Waals surface area contributed by atoms with Crippen LogP contribution in [0.2, 0.25) is 0 Å². The van der Waals surface area contributed by atoms with Crippen molar-refractivity contribution in [2.45, 2.75) is 33.7 Å². The number of hydrogen-bond donors (Lipinski definition) is 1. The Morgan fingerprint density at radius 2 is 1.71 bits per heavy atom. The highest BCUT2D eigenvalue weighted by molar-refractivity contribution is 5.94. The first-order valence-corrected chi connectivity index (χ1v) is 7.02. The van der Waals surface area contributed by atoms with E-state index < -0.39 is 5.82 Å². The van der Waals surface area contributed by atoms with Crippen LogP contribution in [0.15, 0.2) is 36.4 Å². The molecule has 1 atom stereocenters. The number of amides is 1. The number of halogens is 1. The van der Waals surface area contributed by atoms with Crippen molar-refractivity contribution in [2.24, 2.45) is 0 Å². The zero-order chi connectivity index (χ0) is 15.6. The monoisotopic (exact) mass is 285 g/mol. The van der Waals surface area contributed by atoms with Crippen molar-refractivity contribution in [1.29, 1.82) is 0 Å². The molecule has 0 saturated heterocycles. The molecule has 0 aliphatic carbocycles. The Hall–Kier alpha value is -2.16. The molecule has 0 heterocycles. The minimum absolute atomic E-state index is 0.125. The molecule has 3 heteroatoms. The van der Waals surface area contributed by atoms with Gasteiger partial charge in [-0.05, 0) is 68.1 Å². The molecule has 21 heavy (non-hydrogen) atoms. The Balaban J connectivity index is 2.20. The Bertz CT molecular complexity index is 679. The molecule has 0 spiro atoms. The third-order valence-corrected chi connectivity index (χ3v) is 3.78. The number of hydrogen-bond acceptors (Lipinski definition) is 1. The summed E-state index contributed by atoms with van der Waals surface area (Å²) >= 11 is 0. The quantitative estimate of drug-likeness (QED) is 0.897. The van der Waals surface area contributed by atoms with Gasteiger partial charge < -0.3 is 5.32 Å². The molecule has 0 aliphatic heterocycles. The SMILES string of the molecule is Cc1cc(C)c([C@H](C)NC(=O)c2cccc(F)c2)cc1C. The topological polar surface area (TPSA) is 29.1 Å². The van der Waals surface area contributed by atoms with Gasteiger partial charge in [0.25, 0.3) is 5.91 Å². The van der Waals surface area contributed by atoms with Gasteiger partial charge in [0.1, 0.15) is 5.82 Å². The molecular weight excluding hydrogens is 265 g/mol. The van der Waals surface area contributed by atoms with Crippen molar-refractivity contribution in [3.63, 3.8) is 0 Å². The lowest BCUT2D eigenvalue weighted by molar-refractivity contribution is 0.0939. The fourth-order valence-electron chi connectivity index (χ4n) is 2.44. The number of carbonyl (C=O) groups excluding carboxylic acids is 1. The molecule has 2 nitrogen and oxygen atoms in total. The number of aryl methyl sites for hydroxylation is 3. The standard InChI is InChI=1S/C18H20FNO/c1-11-8-13(3)17(9-12(11)2)14(4)20-18(21)15-6-5-7-16(19)10-15/h5-10,14H,1-4H3,(H,20,21)/t14-/m0/s1. The number of nitrogens with one attached hydrogen (secondary N) is 1. The molecular formula is C18H20FNO. The smallest absolute Gasteiger partial charge is 0.251 e. The highest BCUT2D eigenvalue weighted by atomic mass is 19.1. The van der Waals surface area contributed by atoms with Gasteiger partial charge in [0.2, 0.25) is 0 Å². The molecule has 2 aromatic rings. The molecule has 2 aromatic carbocycles. The van der Waals surface area contributed by atoms with E-state index in [2.05, 4.69) is 31.3 Å². The molecule has 110 valence electrons. The van der Waals surface area contributed by atoms with Crippen LogP contribution in [0.3, 0.4) is 0 Å². The Morgan fingerprint density at radius 1 is 1.05 bits per heavy atom. The molecule has 0 fully saturated rings. The molecule has 0 aromatic heterocycles. The second-order valence-electron chi connectivity index (χ2n) is 5.50. The van der Waals surface area contributed by atoms with Crippen LogP contribution in [0.5, 0.6) is 0 Å². The first kappa shape index (κ1) is 15.2. The summed E-state index contributed by atoms with van der Waals surface area (Å²) in [5.41, 5.74) is 5.00. The zero-order valence-electron chi connectivity index (χ0n) is 12.8. The maximum absolute atomic E-state index is 13.2. The van der Waals surface area contributed by atoms with Crippen molar-refractivity contribution in [3.05, 3.63) is 70.0 Å². The number of rotatable bonds is 3. The first-order valence-electron chi connectivity index (χ1n) is 7.02. The summed E-state index contributed by atoms with van der Waals surface area (Å²) in [7, 11) is 0. The first-order chi connectivity index (χ1) is 9.88. The van der Waals surface area contributed by atoms with Gasteiger partial charge in [-0.15, -0.1) is 0 Å². The van der Waals surface area contributed by atoms with Gasteiger partial charge in [-0.25, -0.2) is 4.39 Å². The Labute approximate surface area is 125 Å². The lowest BCUT2D eigenvalue weighted by Gasteiger charge is -2.18. The fourth-order valence-corrected chi connectivity index (χ4v) is 2.44. The summed E-state index contributed by atoms with van der Waals surface area (Å²) < 4.78 is 13.2. The summed E-state index contributed by atoms with van der Waals surface area (Å²) in [5, 5.41) is 2.92. The van der Waals surface area contributed by atoms with Crippen LogP contribution < -0.4 is 5.32 Å². The van der Waals surface area contributed by atoms with Crippen molar-refractivity contribution >= 4 is 5.91 Å². The van der Waals surface area contributed by atoms with E-state index in [0.29, 0.717) is 5.56 Å². The molecule has 1 N–H and O–H groups in total. The van der Waals surface area contributed by atoms with E-state index in [1.165, 1.54) is 29.3 Å². The van der Waals surface area contributed by atoms with Gasteiger partial charge in [-0.2, -0.15) is 0 Å². The Kier molecular flexibility index (Phi) is 4.41. The number of carbonyl (C=O) groups is 1. The lowest BCUT2D eigenvalue weighted by atomic mass is 9.96. The lowest BCUT2D eigenvalue weighted by Crippen LogP contribution is -2.27. The predicted octanol–water partition coefficient (Wildman–Crippen LogP) is 4.24. The van der Waals surface area contributed by atoms with Crippen molar-refractivity contribution in [3.8, 4) is 0 Å². The molecule has 0 saturated carbocycles. The third kappa shape index (κ3) is 3.48. The molecule has 2 rings (SSSR count). The summed E-state index contributed by atoms with van der Waals surface area (Å²) in [6, 6.07) is 9.81. The summed E-state index contributed by atoms with van der Waals surface area (Å²) in [6.07, 6.45) is 0. The van der Waals surface area contributed by atoms with Crippen LogP contribution in [0.4, 0.5) is 4.39 Å². The predicted molar refractivity (Wildman–Crippen MR) is 82.9 cm³/mol. The Morgan fingerprint density at radius 3 is 2.38 bits per heavy atom. The normalized spacial score (nSPS) is 12.0. The highest BCUT2D eigenvalue weighted by Gasteiger charge is 2.14. The molecule has 0 unspecified atom stereocenters. The summed E-state index contributed by atoms with van der Waals surface area (Å²) in [6.45, 7) is 8.10. The second kappa shape index (κ2) is 6.08. The van der Waals surface area contributed by atoms with E-state index in [-0.39, 0.29) is 11.9 Å². The van der Waals surface area contributed by atoms with E-state index in [0.717, 1.165) is 11.1 Å². The van der Waals surface area contributed by atoms with Crippen LogP contribution in [-0.2, 0) is 0 Å². The van der Waals surface area contributed by atoms with Crippen LogP contribution >= 0.6 is 0 Å². The highest BCUT2D eigenvalue weighted by Crippen LogP contribution is 2.22. The second-order valence-corrected chi connectivity index (χ2v) is 5.50. The average Bonchev–Trinajstić information content (AvgIpc) is 2.42. The van der Waals surface area contributed by atoms with E-state index in [9.17, 15) is 9.18 Å². The molecule has 0 radical (unpaired) electrons. The average molecular weight is 285 g/mol. The summed E-state index contributed by atoms with van der Waals surface area (Å²) in [4.78, 5) is 12.2. The van der Waals surface area contributed by atoms with E-state index in [1.807, 2.05) is 13.8 Å². The molecule has 0 aliphatic rings. The number of benzene rings is 2. The van der Waals surface area contributed by atoms with E-state index in [1.54, 1.807) is 6.07 Å². The van der Waals surface area contributed by atoms with Crippen LogP contribution in [0.1, 0.15) is 45.6 Å². The van der Waals surface area contributed by atoms with Gasteiger partial charge in [-0.3, -0.25) is 4.79 Å². The van der Waals surface area contributed by atoms with Gasteiger partial charge in [0.05, 0.1) is 6.04 Å². The van der Waals surface area contributed by atoms with Gasteiger partial charge in [0, 0.05) is 5.56 Å². The van der Waals surface area contributed by atoms with Gasteiger partial charge >= 0.3 is 0 Å². The van der Waals surface area contributed by atoms with Crippen molar-refractivity contribution in [2.75, 3.05) is 0 Å². The van der Waals surface area contributed by atoms with Crippen LogP contribution in [-0.4, -0.2) is 5.91 Å². The minimum atomic E-state index is -0.405. The van der Waals surface area contributed by atoms with Gasteiger partial charge in [-0.1, -0.05) is 18.2 Å². The third-order valence-electron chi connectivity index (χ3n) is 3.78. The van der Waals surface area contributed by atoms with Crippen molar-refractivity contribution in [1.82, 2.24) is 5.32 Å². The molecule has 0 bridgehead atoms.